The number of anilines is 1. The molecule has 2 aromatic carbocycles. The van der Waals surface area contributed by atoms with Gasteiger partial charge in [0.1, 0.15) is 11.5 Å². The molecule has 1 aliphatic rings. The summed E-state index contributed by atoms with van der Waals surface area (Å²) in [4.78, 5) is 13.9. The van der Waals surface area contributed by atoms with Crippen LogP contribution in [0.1, 0.15) is 12.5 Å². The average Bonchev–Trinajstić information content (AvgIpc) is 2.89. The first-order valence-electron chi connectivity index (χ1n) is 8.08. The van der Waals surface area contributed by atoms with E-state index in [9.17, 15) is 9.18 Å². The van der Waals surface area contributed by atoms with Crippen LogP contribution >= 0.6 is 23.8 Å². The van der Waals surface area contributed by atoms with Crippen molar-refractivity contribution in [2.45, 2.75) is 6.92 Å². The first-order chi connectivity index (χ1) is 13.0. The summed E-state index contributed by atoms with van der Waals surface area (Å²) < 4.78 is 24.9. The molecule has 0 saturated carbocycles. The van der Waals surface area contributed by atoms with Crippen LogP contribution in [-0.4, -0.2) is 24.7 Å². The van der Waals surface area contributed by atoms with Crippen LogP contribution in [0.25, 0.3) is 6.08 Å². The van der Waals surface area contributed by atoms with E-state index in [1.54, 1.807) is 30.3 Å². The van der Waals surface area contributed by atoms with Crippen LogP contribution in [0.15, 0.2) is 42.1 Å². The molecule has 0 atom stereocenters. The van der Waals surface area contributed by atoms with Crippen LogP contribution in [-0.2, 0) is 4.79 Å². The Hall–Kier alpha value is -2.64. The van der Waals surface area contributed by atoms with Gasteiger partial charge < -0.3 is 14.8 Å². The van der Waals surface area contributed by atoms with E-state index in [2.05, 4.69) is 5.32 Å². The van der Waals surface area contributed by atoms with Crippen molar-refractivity contribution in [3.63, 3.8) is 0 Å². The zero-order chi connectivity index (χ0) is 19.6. The van der Waals surface area contributed by atoms with Crippen molar-refractivity contribution in [3.05, 3.63) is 58.5 Å². The Bertz CT molecular complexity index is 949. The second-order valence-corrected chi connectivity index (χ2v) is 6.34. The van der Waals surface area contributed by atoms with Gasteiger partial charge in [-0.15, -0.1) is 0 Å². The van der Waals surface area contributed by atoms with E-state index < -0.39 is 11.7 Å². The highest BCUT2D eigenvalue weighted by atomic mass is 35.5. The smallest absolute Gasteiger partial charge is 0.281 e. The lowest BCUT2D eigenvalue weighted by molar-refractivity contribution is -0.113. The van der Waals surface area contributed by atoms with Crippen molar-refractivity contribution >= 4 is 46.6 Å². The number of amides is 1. The van der Waals surface area contributed by atoms with E-state index in [1.807, 2.05) is 6.92 Å². The number of carbonyl (C=O) groups excluding carboxylic acids is 1. The molecule has 0 aliphatic carbocycles. The van der Waals surface area contributed by atoms with Gasteiger partial charge in [0, 0.05) is 0 Å². The van der Waals surface area contributed by atoms with E-state index in [1.165, 1.54) is 19.2 Å². The predicted molar refractivity (Wildman–Crippen MR) is 107 cm³/mol. The third kappa shape index (κ3) is 3.74. The molecule has 0 radical (unpaired) electrons. The molecule has 1 fully saturated rings. The van der Waals surface area contributed by atoms with Gasteiger partial charge in [-0.3, -0.25) is 4.79 Å². The molecule has 0 aromatic heterocycles. The maximum Gasteiger partial charge on any atom is 0.281 e. The zero-order valence-electron chi connectivity index (χ0n) is 14.6. The molecule has 1 aliphatic heterocycles. The van der Waals surface area contributed by atoms with Crippen LogP contribution in [0.5, 0.6) is 11.5 Å². The minimum atomic E-state index is -0.539. The number of halogens is 2. The lowest BCUT2D eigenvalue weighted by atomic mass is 10.1. The molecule has 1 heterocycles. The van der Waals surface area contributed by atoms with Gasteiger partial charge in [-0.1, -0.05) is 23.7 Å². The first-order valence-corrected chi connectivity index (χ1v) is 8.86. The number of benzene rings is 2. The normalized spacial score (nSPS) is 15.3. The number of carbonyl (C=O) groups is 1. The summed E-state index contributed by atoms with van der Waals surface area (Å²) >= 11 is 11.4. The highest BCUT2D eigenvalue weighted by Crippen LogP contribution is 2.37. The zero-order valence-corrected chi connectivity index (χ0v) is 16.2. The summed E-state index contributed by atoms with van der Waals surface area (Å²) in [6, 6.07) is 9.27. The number of nitrogens with one attached hydrogen (secondary N) is 1. The molecule has 0 spiro atoms. The number of rotatable bonds is 5. The van der Waals surface area contributed by atoms with Gasteiger partial charge in [-0.2, -0.15) is 0 Å². The van der Waals surface area contributed by atoms with Gasteiger partial charge in [0.2, 0.25) is 0 Å². The third-order valence-electron chi connectivity index (χ3n) is 3.82. The molecule has 1 amide bonds. The third-order valence-corrected chi connectivity index (χ3v) is 4.38. The molecular formula is C19H16ClFN2O3S. The van der Waals surface area contributed by atoms with Gasteiger partial charge in [0.15, 0.2) is 16.6 Å². The van der Waals surface area contributed by atoms with E-state index in [-0.39, 0.29) is 16.5 Å². The number of ether oxygens (including phenoxy) is 2. The van der Waals surface area contributed by atoms with Gasteiger partial charge >= 0.3 is 0 Å². The Balaban J connectivity index is 1.98. The standard InChI is InChI=1S/C19H16ClFN2O3S/c1-3-26-16-10-11(8-12(20)17(16)25-2)9-14-18(24)23(19(27)22-14)15-7-5-4-6-13(15)21/h4-10H,3H2,1-2H3,(H,22,27)/b14-9-. The van der Waals surface area contributed by atoms with Crippen molar-refractivity contribution in [2.75, 3.05) is 18.6 Å². The van der Waals surface area contributed by atoms with Crippen LogP contribution in [0, 0.1) is 5.82 Å². The fraction of sp³-hybridized carbons (Fsp3) is 0.158. The topological polar surface area (TPSA) is 50.8 Å². The first kappa shape index (κ1) is 19.1. The van der Waals surface area contributed by atoms with Gasteiger partial charge in [-0.05, 0) is 55.0 Å². The molecule has 2 aromatic rings. The number of thiocarbonyl (C=S) groups is 1. The van der Waals surface area contributed by atoms with Crippen molar-refractivity contribution in [1.82, 2.24) is 5.32 Å². The molecule has 140 valence electrons. The SMILES string of the molecule is CCOc1cc(/C=C2\NC(=S)N(c3ccccc3F)C2=O)cc(Cl)c1OC. The Morgan fingerprint density at radius 3 is 2.74 bits per heavy atom. The molecule has 5 nitrogen and oxygen atoms in total. The molecule has 3 rings (SSSR count). The number of methoxy groups -OCH3 is 1. The van der Waals surface area contributed by atoms with Gasteiger partial charge in [0.25, 0.3) is 5.91 Å². The molecule has 1 N–H and O–H groups in total. The monoisotopic (exact) mass is 406 g/mol. The predicted octanol–water partition coefficient (Wildman–Crippen LogP) is 4.15. The van der Waals surface area contributed by atoms with Crippen LogP contribution in [0.4, 0.5) is 10.1 Å². The van der Waals surface area contributed by atoms with Crippen LogP contribution in [0.2, 0.25) is 5.02 Å². The molecular weight excluding hydrogens is 391 g/mol. The number of nitrogens with zero attached hydrogens (tertiary/aromatic N) is 1. The number of hydrogen-bond acceptors (Lipinski definition) is 4. The van der Waals surface area contributed by atoms with Crippen molar-refractivity contribution in [2.24, 2.45) is 0 Å². The molecule has 8 heteroatoms. The van der Waals surface area contributed by atoms with Crippen molar-refractivity contribution in [3.8, 4) is 11.5 Å². The average molecular weight is 407 g/mol. The highest BCUT2D eigenvalue weighted by molar-refractivity contribution is 7.80. The summed E-state index contributed by atoms with van der Waals surface area (Å²) in [6.07, 6.45) is 1.57. The quantitative estimate of drug-likeness (QED) is 0.597. The summed E-state index contributed by atoms with van der Waals surface area (Å²) in [5.41, 5.74) is 0.899. The maximum absolute atomic E-state index is 14.1. The van der Waals surface area contributed by atoms with Gasteiger partial charge in [0.05, 0.1) is 24.4 Å². The fourth-order valence-corrected chi connectivity index (χ4v) is 3.27. The Morgan fingerprint density at radius 2 is 2.07 bits per heavy atom. The Morgan fingerprint density at radius 1 is 1.33 bits per heavy atom. The van der Waals surface area contributed by atoms with Gasteiger partial charge in [-0.25, -0.2) is 9.29 Å². The Kier molecular flexibility index (Phi) is 5.62. The fourth-order valence-electron chi connectivity index (χ4n) is 2.69. The van der Waals surface area contributed by atoms with Crippen LogP contribution in [0.3, 0.4) is 0 Å². The summed E-state index contributed by atoms with van der Waals surface area (Å²) in [5.74, 6) is -0.134. The lowest BCUT2D eigenvalue weighted by Gasteiger charge is -2.14. The lowest BCUT2D eigenvalue weighted by Crippen LogP contribution is -2.31. The van der Waals surface area contributed by atoms with E-state index >= 15 is 0 Å². The van der Waals surface area contributed by atoms with E-state index in [0.717, 1.165) is 4.90 Å². The minimum absolute atomic E-state index is 0.0890. The van der Waals surface area contributed by atoms with Crippen molar-refractivity contribution < 1.29 is 18.7 Å². The highest BCUT2D eigenvalue weighted by Gasteiger charge is 2.33. The molecule has 0 unspecified atom stereocenters. The molecule has 1 saturated heterocycles. The molecule has 27 heavy (non-hydrogen) atoms. The largest absolute Gasteiger partial charge is 0.491 e. The minimum Gasteiger partial charge on any atom is -0.491 e. The van der Waals surface area contributed by atoms with E-state index in [0.29, 0.717) is 28.7 Å². The number of hydrogen-bond donors (Lipinski definition) is 1. The summed E-state index contributed by atoms with van der Waals surface area (Å²) in [5, 5.41) is 3.25. The van der Waals surface area contributed by atoms with Crippen molar-refractivity contribution in [1.29, 1.82) is 0 Å². The molecule has 0 bridgehead atoms. The number of para-hydroxylation sites is 1. The Labute approximate surface area is 166 Å². The summed E-state index contributed by atoms with van der Waals surface area (Å²) in [7, 11) is 1.49. The van der Waals surface area contributed by atoms with E-state index in [4.69, 9.17) is 33.3 Å². The maximum atomic E-state index is 14.1. The summed E-state index contributed by atoms with van der Waals surface area (Å²) in [6.45, 7) is 2.26. The second-order valence-electron chi connectivity index (χ2n) is 5.55. The van der Waals surface area contributed by atoms with Crippen LogP contribution < -0.4 is 19.7 Å². The second kappa shape index (κ2) is 7.94.